The number of hydrogen-bond acceptors (Lipinski definition) is 2. The molecule has 0 atom stereocenters. The summed E-state index contributed by atoms with van der Waals surface area (Å²) >= 11 is 5.79. The van der Waals surface area contributed by atoms with Gasteiger partial charge in [0.25, 0.3) is 0 Å². The average molecular weight is 240 g/mol. The van der Waals surface area contributed by atoms with Crippen molar-refractivity contribution in [1.82, 2.24) is 10.4 Å². The van der Waals surface area contributed by atoms with Crippen LogP contribution in [0.15, 0.2) is 29.3 Å². The number of benzene rings is 1. The van der Waals surface area contributed by atoms with Gasteiger partial charge in [0.05, 0.1) is 5.69 Å². The van der Waals surface area contributed by atoms with Crippen molar-refractivity contribution in [3.8, 4) is 0 Å². The van der Waals surface area contributed by atoms with E-state index in [-0.39, 0.29) is 0 Å². The molecule has 0 aliphatic carbocycles. The van der Waals surface area contributed by atoms with Crippen molar-refractivity contribution in [2.75, 3.05) is 13.1 Å². The maximum absolute atomic E-state index is 9.05. The number of likely N-dealkylation sites (tertiary alicyclic amines) is 1. The fourth-order valence-electron chi connectivity index (χ4n) is 1.73. The number of hydroxylamine groups is 1. The summed E-state index contributed by atoms with van der Waals surface area (Å²) in [6.07, 6.45) is 2.28. The molecule has 1 aliphatic rings. The minimum Gasteiger partial charge on any atom is -0.341 e. The van der Waals surface area contributed by atoms with Crippen LogP contribution in [-0.2, 0) is 0 Å². The Labute approximate surface area is 99.5 Å². The molecule has 0 aromatic heterocycles. The van der Waals surface area contributed by atoms with Gasteiger partial charge < -0.3 is 4.90 Å². The Hall–Kier alpha value is -1.26. The predicted molar refractivity (Wildman–Crippen MR) is 64.3 cm³/mol. The summed E-state index contributed by atoms with van der Waals surface area (Å²) in [4.78, 5) is 6.35. The van der Waals surface area contributed by atoms with Crippen LogP contribution in [0.4, 0.5) is 5.69 Å². The molecule has 0 unspecified atom stereocenters. The molecule has 2 rings (SSSR count). The van der Waals surface area contributed by atoms with E-state index in [1.54, 1.807) is 12.1 Å². The molecule has 1 aromatic rings. The topological polar surface area (TPSA) is 47.9 Å². The van der Waals surface area contributed by atoms with Crippen molar-refractivity contribution >= 4 is 23.2 Å². The van der Waals surface area contributed by atoms with Crippen LogP contribution < -0.4 is 5.48 Å². The molecule has 4 nitrogen and oxygen atoms in total. The standard InChI is InChI=1S/C11H14ClN3O/c12-9-3-5-10(6-4-9)13-11(14-16)15-7-1-2-8-15/h3-6,16H,1-2,7-8H2,(H,13,14). The van der Waals surface area contributed by atoms with Crippen molar-refractivity contribution in [1.29, 1.82) is 0 Å². The van der Waals surface area contributed by atoms with Gasteiger partial charge in [-0.2, -0.15) is 0 Å². The molecule has 1 fully saturated rings. The highest BCUT2D eigenvalue weighted by Crippen LogP contribution is 2.17. The molecule has 16 heavy (non-hydrogen) atoms. The first-order valence-corrected chi connectivity index (χ1v) is 5.67. The molecule has 0 saturated carbocycles. The fourth-order valence-corrected chi connectivity index (χ4v) is 1.86. The Morgan fingerprint density at radius 1 is 1.25 bits per heavy atom. The summed E-state index contributed by atoms with van der Waals surface area (Å²) in [5.41, 5.74) is 2.92. The van der Waals surface area contributed by atoms with E-state index >= 15 is 0 Å². The third-order valence-electron chi connectivity index (χ3n) is 2.57. The molecule has 0 spiro atoms. The number of hydrogen-bond donors (Lipinski definition) is 2. The summed E-state index contributed by atoms with van der Waals surface area (Å²) in [6, 6.07) is 7.18. The highest BCUT2D eigenvalue weighted by Gasteiger charge is 2.15. The fraction of sp³-hybridized carbons (Fsp3) is 0.364. The van der Waals surface area contributed by atoms with Crippen molar-refractivity contribution < 1.29 is 5.21 Å². The molecule has 1 heterocycles. The Bertz CT molecular complexity index is 371. The van der Waals surface area contributed by atoms with Crippen molar-refractivity contribution in [3.63, 3.8) is 0 Å². The summed E-state index contributed by atoms with van der Waals surface area (Å²) < 4.78 is 0. The van der Waals surface area contributed by atoms with Crippen LogP contribution in [0.2, 0.25) is 5.02 Å². The zero-order valence-corrected chi connectivity index (χ0v) is 9.61. The molecular formula is C11H14ClN3O. The first-order valence-electron chi connectivity index (χ1n) is 5.29. The highest BCUT2D eigenvalue weighted by atomic mass is 35.5. The number of guanidine groups is 1. The second-order valence-corrected chi connectivity index (χ2v) is 4.15. The summed E-state index contributed by atoms with van der Waals surface area (Å²) in [5.74, 6) is 0.500. The van der Waals surface area contributed by atoms with E-state index in [0.29, 0.717) is 11.0 Å². The highest BCUT2D eigenvalue weighted by molar-refractivity contribution is 6.30. The first kappa shape index (κ1) is 11.2. The van der Waals surface area contributed by atoms with Crippen LogP contribution in [0, 0.1) is 0 Å². The maximum atomic E-state index is 9.05. The normalized spacial score (nSPS) is 16.6. The largest absolute Gasteiger partial charge is 0.341 e. The van der Waals surface area contributed by atoms with Gasteiger partial charge in [-0.05, 0) is 37.1 Å². The van der Waals surface area contributed by atoms with E-state index < -0.39 is 0 Å². The Kier molecular flexibility index (Phi) is 3.64. The van der Waals surface area contributed by atoms with Gasteiger partial charge in [-0.25, -0.2) is 10.5 Å². The predicted octanol–water partition coefficient (Wildman–Crippen LogP) is 2.40. The Morgan fingerprint density at radius 3 is 2.44 bits per heavy atom. The van der Waals surface area contributed by atoms with E-state index in [9.17, 15) is 0 Å². The van der Waals surface area contributed by atoms with Crippen LogP contribution in [-0.4, -0.2) is 29.2 Å². The van der Waals surface area contributed by atoms with Crippen molar-refractivity contribution in [3.05, 3.63) is 29.3 Å². The lowest BCUT2D eigenvalue weighted by Gasteiger charge is -2.18. The summed E-state index contributed by atoms with van der Waals surface area (Å²) in [6.45, 7) is 1.86. The van der Waals surface area contributed by atoms with Crippen LogP contribution >= 0.6 is 11.6 Å². The third-order valence-corrected chi connectivity index (χ3v) is 2.82. The number of aliphatic imine (C=N–C) groups is 1. The van der Waals surface area contributed by atoms with E-state index in [1.807, 2.05) is 17.0 Å². The number of nitrogens with one attached hydrogen (secondary N) is 1. The van der Waals surface area contributed by atoms with Crippen LogP contribution in [0.3, 0.4) is 0 Å². The summed E-state index contributed by atoms with van der Waals surface area (Å²) in [5, 5.41) is 9.73. The molecule has 1 saturated heterocycles. The van der Waals surface area contributed by atoms with Gasteiger partial charge in [-0.1, -0.05) is 11.6 Å². The lowest BCUT2D eigenvalue weighted by atomic mass is 10.3. The van der Waals surface area contributed by atoms with Gasteiger partial charge in [0, 0.05) is 18.1 Å². The van der Waals surface area contributed by atoms with Gasteiger partial charge in [0.1, 0.15) is 0 Å². The molecule has 2 N–H and O–H groups in total. The smallest absolute Gasteiger partial charge is 0.223 e. The first-order chi connectivity index (χ1) is 7.79. The van der Waals surface area contributed by atoms with Gasteiger partial charge in [-0.3, -0.25) is 5.21 Å². The second-order valence-electron chi connectivity index (χ2n) is 3.72. The molecule has 5 heteroatoms. The van der Waals surface area contributed by atoms with Crippen LogP contribution in [0.25, 0.3) is 0 Å². The second kappa shape index (κ2) is 5.18. The van der Waals surface area contributed by atoms with Crippen molar-refractivity contribution in [2.45, 2.75) is 12.8 Å². The average Bonchev–Trinajstić information content (AvgIpc) is 2.82. The number of rotatable bonds is 1. The van der Waals surface area contributed by atoms with Crippen LogP contribution in [0.1, 0.15) is 12.8 Å². The maximum Gasteiger partial charge on any atom is 0.223 e. The minimum absolute atomic E-state index is 0.500. The lowest BCUT2D eigenvalue weighted by Crippen LogP contribution is -2.37. The summed E-state index contributed by atoms with van der Waals surface area (Å²) in [7, 11) is 0. The minimum atomic E-state index is 0.500. The van der Waals surface area contributed by atoms with Gasteiger partial charge in [-0.15, -0.1) is 0 Å². The molecule has 0 amide bonds. The number of halogens is 1. The van der Waals surface area contributed by atoms with E-state index in [2.05, 4.69) is 10.5 Å². The number of nitrogens with zero attached hydrogens (tertiary/aromatic N) is 2. The Balaban J connectivity index is 2.16. The Morgan fingerprint density at radius 2 is 1.88 bits per heavy atom. The molecule has 0 radical (unpaired) electrons. The third kappa shape index (κ3) is 2.65. The molecule has 86 valence electrons. The van der Waals surface area contributed by atoms with E-state index in [4.69, 9.17) is 16.8 Å². The zero-order valence-electron chi connectivity index (χ0n) is 8.86. The molecular weight excluding hydrogens is 226 g/mol. The molecule has 0 bridgehead atoms. The van der Waals surface area contributed by atoms with Gasteiger partial charge in [0.2, 0.25) is 5.96 Å². The SMILES string of the molecule is ONC(=Nc1ccc(Cl)cc1)N1CCCC1. The monoisotopic (exact) mass is 239 g/mol. The van der Waals surface area contributed by atoms with Crippen LogP contribution in [0.5, 0.6) is 0 Å². The van der Waals surface area contributed by atoms with Gasteiger partial charge in [0.15, 0.2) is 0 Å². The lowest BCUT2D eigenvalue weighted by molar-refractivity contribution is 0.215. The zero-order chi connectivity index (χ0) is 11.4. The van der Waals surface area contributed by atoms with E-state index in [1.165, 1.54) is 0 Å². The quantitative estimate of drug-likeness (QED) is 0.450. The molecule has 1 aliphatic heterocycles. The van der Waals surface area contributed by atoms with Gasteiger partial charge >= 0.3 is 0 Å². The van der Waals surface area contributed by atoms with E-state index in [0.717, 1.165) is 31.6 Å². The van der Waals surface area contributed by atoms with Crippen molar-refractivity contribution in [2.24, 2.45) is 4.99 Å². The molecule has 1 aromatic carbocycles.